The number of nitrogens with two attached hydrogens (primary N) is 2. The molecule has 0 aliphatic rings. The van der Waals surface area contributed by atoms with Crippen LogP contribution in [0.1, 0.15) is 54.4 Å². The fourth-order valence-corrected chi connectivity index (χ4v) is 4.02. The van der Waals surface area contributed by atoms with Crippen LogP contribution in [0.25, 0.3) is 6.08 Å². The van der Waals surface area contributed by atoms with Crippen LogP contribution < -0.4 is 16.2 Å². The maximum Gasteiger partial charge on any atom is 0.426 e. The molecule has 220 valence electrons. The van der Waals surface area contributed by atoms with Gasteiger partial charge in [-0.05, 0) is 97.7 Å². The molecule has 0 amide bonds. The monoisotopic (exact) mass is 576 g/mol. The average Bonchev–Trinajstić information content (AvgIpc) is 2.91. The molecule has 0 saturated carbocycles. The molecule has 10 heteroatoms. The summed E-state index contributed by atoms with van der Waals surface area (Å²) in [6, 6.07) is 16.5. The number of benzene rings is 3. The summed E-state index contributed by atoms with van der Waals surface area (Å²) in [5.41, 5.74) is 14.7. The second-order valence-electron chi connectivity index (χ2n) is 9.62. The third-order valence-corrected chi connectivity index (χ3v) is 6.26. The van der Waals surface area contributed by atoms with E-state index in [0.717, 1.165) is 18.4 Å². The second-order valence-corrected chi connectivity index (χ2v) is 9.62. The molecule has 0 saturated heterocycles. The largest absolute Gasteiger partial charge is 0.463 e. The van der Waals surface area contributed by atoms with Gasteiger partial charge in [0.25, 0.3) is 0 Å². The van der Waals surface area contributed by atoms with Crippen LogP contribution in [0.3, 0.4) is 0 Å². The first-order valence-corrected chi connectivity index (χ1v) is 13.2. The number of rotatable bonds is 14. The van der Waals surface area contributed by atoms with E-state index >= 15 is 0 Å². The Bertz CT molecular complexity index is 1290. The number of unbranched alkanes of at least 4 members (excludes halogenated alkanes) is 2. The quantitative estimate of drug-likeness (QED) is 0.0671. The minimum Gasteiger partial charge on any atom is -0.463 e. The molecule has 0 heterocycles. The van der Waals surface area contributed by atoms with Gasteiger partial charge in [0.05, 0.1) is 12.2 Å². The zero-order valence-electron chi connectivity index (χ0n) is 22.4. The normalized spacial score (nSPS) is 12.0. The average molecular weight is 577 g/mol. The van der Waals surface area contributed by atoms with Gasteiger partial charge >= 0.3 is 18.3 Å². The van der Waals surface area contributed by atoms with E-state index < -0.39 is 24.7 Å². The molecule has 0 unspecified atom stereocenters. The lowest BCUT2D eigenvalue weighted by atomic mass is 10.0. The Morgan fingerprint density at radius 2 is 1.49 bits per heavy atom. The maximum absolute atomic E-state index is 14.6. The lowest BCUT2D eigenvalue weighted by Crippen LogP contribution is -2.21. The maximum atomic E-state index is 14.6. The van der Waals surface area contributed by atoms with Gasteiger partial charge in [0, 0.05) is 23.9 Å². The minimum absolute atomic E-state index is 0.0147. The van der Waals surface area contributed by atoms with Crippen molar-refractivity contribution >= 4 is 23.4 Å². The third-order valence-electron chi connectivity index (χ3n) is 6.26. The van der Waals surface area contributed by atoms with E-state index in [9.17, 15) is 26.7 Å². The fraction of sp³-hybridized carbons (Fsp3) is 0.323. The zero-order valence-corrected chi connectivity index (χ0v) is 22.4. The Morgan fingerprint density at radius 1 is 0.805 bits per heavy atom. The number of hydrogen-bond donors (Lipinski definition) is 2. The highest BCUT2D eigenvalue weighted by atomic mass is 19.4. The Hall–Kier alpha value is -4.08. The van der Waals surface area contributed by atoms with Crippen LogP contribution in [0.5, 0.6) is 5.75 Å². The predicted molar refractivity (Wildman–Crippen MR) is 149 cm³/mol. The van der Waals surface area contributed by atoms with Gasteiger partial charge in [0.15, 0.2) is 0 Å². The Morgan fingerprint density at radius 3 is 2.15 bits per heavy atom. The van der Waals surface area contributed by atoms with Crippen LogP contribution in [-0.4, -0.2) is 18.8 Å². The highest BCUT2D eigenvalue weighted by molar-refractivity contribution is 5.87. The SMILES string of the molecule is Nc1ccc(CCCCOC(=O)/C=C/c2ccc(OC(F)(F)c3ccc(CCCCC(F)(F)F)cc3)cc2)c(N)c1. The molecule has 0 aromatic heterocycles. The van der Waals surface area contributed by atoms with Gasteiger partial charge in [-0.2, -0.15) is 22.0 Å². The number of aryl methyl sites for hydroxylation is 2. The van der Waals surface area contributed by atoms with Gasteiger partial charge in [-0.3, -0.25) is 0 Å². The van der Waals surface area contributed by atoms with Crippen LogP contribution in [0.4, 0.5) is 33.3 Å². The summed E-state index contributed by atoms with van der Waals surface area (Å²) in [6.07, 6.45) is -3.06. The lowest BCUT2D eigenvalue weighted by molar-refractivity contribution is -0.185. The van der Waals surface area contributed by atoms with Crippen molar-refractivity contribution in [3.63, 3.8) is 0 Å². The van der Waals surface area contributed by atoms with E-state index in [-0.39, 0.29) is 24.3 Å². The van der Waals surface area contributed by atoms with Gasteiger partial charge in [-0.1, -0.05) is 30.3 Å². The molecule has 4 N–H and O–H groups in total. The van der Waals surface area contributed by atoms with Crippen molar-refractivity contribution in [1.82, 2.24) is 0 Å². The van der Waals surface area contributed by atoms with Gasteiger partial charge < -0.3 is 20.9 Å². The molecule has 0 bridgehead atoms. The summed E-state index contributed by atoms with van der Waals surface area (Å²) in [5, 5.41) is 0. The Kier molecular flexibility index (Phi) is 11.1. The number of esters is 1. The predicted octanol–water partition coefficient (Wildman–Crippen LogP) is 7.83. The van der Waals surface area contributed by atoms with E-state index in [4.69, 9.17) is 20.9 Å². The Balaban J connectivity index is 1.40. The zero-order chi connectivity index (χ0) is 29.9. The first kappa shape index (κ1) is 31.4. The molecular formula is C31H33F5N2O3. The van der Waals surface area contributed by atoms with Crippen molar-refractivity contribution in [2.75, 3.05) is 18.1 Å². The first-order valence-electron chi connectivity index (χ1n) is 13.2. The number of ether oxygens (including phenoxy) is 2. The molecule has 0 fully saturated rings. The van der Waals surface area contributed by atoms with Crippen molar-refractivity contribution in [2.45, 2.75) is 57.2 Å². The summed E-state index contributed by atoms with van der Waals surface area (Å²) in [5.74, 6) is -0.597. The summed E-state index contributed by atoms with van der Waals surface area (Å²) < 4.78 is 76.0. The van der Waals surface area contributed by atoms with Crippen molar-refractivity contribution in [2.24, 2.45) is 0 Å². The van der Waals surface area contributed by atoms with E-state index in [2.05, 4.69) is 0 Å². The first-order chi connectivity index (χ1) is 19.4. The molecule has 5 nitrogen and oxygen atoms in total. The van der Waals surface area contributed by atoms with Crippen molar-refractivity contribution in [3.8, 4) is 5.75 Å². The van der Waals surface area contributed by atoms with Crippen LogP contribution >= 0.6 is 0 Å². The molecule has 0 atom stereocenters. The molecular weight excluding hydrogens is 543 g/mol. The van der Waals surface area contributed by atoms with Crippen molar-refractivity contribution in [3.05, 3.63) is 95.1 Å². The van der Waals surface area contributed by atoms with Crippen molar-refractivity contribution in [1.29, 1.82) is 0 Å². The molecule has 0 aliphatic carbocycles. The van der Waals surface area contributed by atoms with Crippen LogP contribution in [0, 0.1) is 0 Å². The number of carbonyl (C=O) groups excluding carboxylic acids is 1. The van der Waals surface area contributed by atoms with E-state index in [0.29, 0.717) is 41.8 Å². The molecule has 41 heavy (non-hydrogen) atoms. The molecule has 0 spiro atoms. The number of hydrogen-bond acceptors (Lipinski definition) is 5. The number of nitrogen functional groups attached to an aromatic ring is 2. The van der Waals surface area contributed by atoms with Crippen LogP contribution in [0.2, 0.25) is 0 Å². The number of carbonyl (C=O) groups is 1. The van der Waals surface area contributed by atoms with Gasteiger partial charge in [-0.25, -0.2) is 4.79 Å². The van der Waals surface area contributed by atoms with Crippen LogP contribution in [0.15, 0.2) is 72.8 Å². The van der Waals surface area contributed by atoms with Gasteiger partial charge in [0.2, 0.25) is 0 Å². The lowest BCUT2D eigenvalue weighted by Gasteiger charge is -2.18. The van der Waals surface area contributed by atoms with Gasteiger partial charge in [0.1, 0.15) is 5.75 Å². The molecule has 0 aliphatic heterocycles. The van der Waals surface area contributed by atoms with Crippen LogP contribution in [-0.2, 0) is 28.5 Å². The molecule has 0 radical (unpaired) electrons. The summed E-state index contributed by atoms with van der Waals surface area (Å²) in [7, 11) is 0. The van der Waals surface area contributed by atoms with E-state index in [1.54, 1.807) is 12.1 Å². The number of alkyl halides is 5. The number of halogens is 5. The summed E-state index contributed by atoms with van der Waals surface area (Å²) >= 11 is 0. The smallest absolute Gasteiger partial charge is 0.426 e. The highest BCUT2D eigenvalue weighted by Gasteiger charge is 2.34. The summed E-state index contributed by atoms with van der Waals surface area (Å²) in [6.45, 7) is 0.249. The minimum atomic E-state index is -4.19. The van der Waals surface area contributed by atoms with Crippen molar-refractivity contribution < 1.29 is 36.2 Å². The van der Waals surface area contributed by atoms with E-state index in [1.165, 1.54) is 60.7 Å². The van der Waals surface area contributed by atoms with E-state index in [1.807, 2.05) is 6.07 Å². The highest BCUT2D eigenvalue weighted by Crippen LogP contribution is 2.32. The molecule has 3 rings (SSSR count). The second kappa shape index (κ2) is 14.5. The third kappa shape index (κ3) is 11.1. The van der Waals surface area contributed by atoms with Gasteiger partial charge in [-0.15, -0.1) is 0 Å². The standard InChI is InChI=1S/C31H33F5N2O3/c32-30(33,34)19-3-1-5-22-7-13-25(14-8-22)31(35,36)41-27-16-9-23(10-17-27)11-18-29(39)40-20-4-2-6-24-12-15-26(37)21-28(24)38/h7-18,21H,1-6,19-20,37-38H2/b18-11+. The molecule has 3 aromatic carbocycles. The topological polar surface area (TPSA) is 87.6 Å². The fourth-order valence-electron chi connectivity index (χ4n) is 4.02. The molecule has 3 aromatic rings. The summed E-state index contributed by atoms with van der Waals surface area (Å²) in [4.78, 5) is 12.0. The Labute approximate surface area is 235 Å². The number of anilines is 2.